The van der Waals surface area contributed by atoms with Crippen molar-refractivity contribution in [3.63, 3.8) is 0 Å². The minimum Gasteiger partial charge on any atom is -0.381 e. The van der Waals surface area contributed by atoms with Gasteiger partial charge in [-0.05, 0) is 18.9 Å². The summed E-state index contributed by atoms with van der Waals surface area (Å²) in [6, 6.07) is 0.440. The molecule has 0 fully saturated rings. The number of rotatable bonds is 5. The minimum atomic E-state index is -0.889. The summed E-state index contributed by atoms with van der Waals surface area (Å²) in [6.07, 6.45) is 1.23. The Kier molecular flexibility index (Phi) is 5.42. The largest absolute Gasteiger partial charge is 0.381 e. The Morgan fingerprint density at radius 2 is 2.05 bits per heavy atom. The molecule has 110 valence electrons. The highest BCUT2D eigenvalue weighted by atomic mass is 19.1. The van der Waals surface area contributed by atoms with Gasteiger partial charge in [-0.2, -0.15) is 0 Å². The number of anilines is 1. The van der Waals surface area contributed by atoms with Crippen molar-refractivity contribution in [3.8, 4) is 0 Å². The van der Waals surface area contributed by atoms with Gasteiger partial charge in [-0.1, -0.05) is 13.8 Å². The van der Waals surface area contributed by atoms with Crippen LogP contribution in [-0.4, -0.2) is 29.4 Å². The fourth-order valence-electron chi connectivity index (χ4n) is 1.43. The summed E-state index contributed by atoms with van der Waals surface area (Å²) < 4.78 is 13.6. The molecule has 1 unspecified atom stereocenters. The van der Waals surface area contributed by atoms with Gasteiger partial charge in [0.2, 0.25) is 5.91 Å². The fourth-order valence-corrected chi connectivity index (χ4v) is 1.43. The zero-order valence-corrected chi connectivity index (χ0v) is 11.7. The number of carbonyl (C=O) groups is 2. The number of nitrogens with two attached hydrogens (primary N) is 1. The van der Waals surface area contributed by atoms with Crippen LogP contribution in [0.5, 0.6) is 0 Å². The summed E-state index contributed by atoms with van der Waals surface area (Å²) in [5, 5.41) is 5.09. The van der Waals surface area contributed by atoms with Crippen LogP contribution < -0.4 is 16.4 Å². The van der Waals surface area contributed by atoms with Crippen molar-refractivity contribution < 1.29 is 14.0 Å². The zero-order valence-electron chi connectivity index (χ0n) is 11.7. The molecule has 0 aromatic carbocycles. The molecular formula is C13H19FN4O2. The van der Waals surface area contributed by atoms with Gasteiger partial charge in [0, 0.05) is 12.7 Å². The van der Waals surface area contributed by atoms with Crippen molar-refractivity contribution in [2.45, 2.75) is 26.8 Å². The Morgan fingerprint density at radius 3 is 2.65 bits per heavy atom. The number of hydrogen-bond acceptors (Lipinski definition) is 4. The number of pyridine rings is 1. The van der Waals surface area contributed by atoms with Gasteiger partial charge in [0.05, 0.1) is 5.56 Å². The summed E-state index contributed by atoms with van der Waals surface area (Å²) >= 11 is 0. The van der Waals surface area contributed by atoms with Gasteiger partial charge >= 0.3 is 0 Å². The van der Waals surface area contributed by atoms with E-state index in [1.807, 2.05) is 13.8 Å². The average Bonchev–Trinajstić information content (AvgIpc) is 2.38. The monoisotopic (exact) mass is 282 g/mol. The van der Waals surface area contributed by atoms with Crippen LogP contribution in [-0.2, 0) is 4.79 Å². The van der Waals surface area contributed by atoms with Crippen LogP contribution in [0, 0.1) is 11.7 Å². The Morgan fingerprint density at radius 1 is 1.40 bits per heavy atom. The lowest BCUT2D eigenvalue weighted by Gasteiger charge is -2.15. The van der Waals surface area contributed by atoms with Crippen molar-refractivity contribution in [2.24, 2.45) is 5.92 Å². The Balaban J connectivity index is 2.66. The van der Waals surface area contributed by atoms with E-state index in [9.17, 15) is 14.0 Å². The number of amides is 2. The molecular weight excluding hydrogens is 263 g/mol. The van der Waals surface area contributed by atoms with Gasteiger partial charge < -0.3 is 16.4 Å². The SMILES string of the molecule is CC(C)CNC(=O)C(C)NC(=O)c1ccnc(N)c1F. The summed E-state index contributed by atoms with van der Waals surface area (Å²) in [5.41, 5.74) is 5.05. The number of hydrogen-bond donors (Lipinski definition) is 3. The molecule has 4 N–H and O–H groups in total. The third-order valence-corrected chi connectivity index (χ3v) is 2.59. The van der Waals surface area contributed by atoms with E-state index in [4.69, 9.17) is 5.73 Å². The smallest absolute Gasteiger partial charge is 0.255 e. The molecule has 0 radical (unpaired) electrons. The molecule has 0 saturated carbocycles. The number of nitrogens with one attached hydrogen (secondary N) is 2. The van der Waals surface area contributed by atoms with Gasteiger partial charge in [0.25, 0.3) is 5.91 Å². The van der Waals surface area contributed by atoms with E-state index < -0.39 is 17.8 Å². The van der Waals surface area contributed by atoms with Gasteiger partial charge in [-0.3, -0.25) is 9.59 Å². The third kappa shape index (κ3) is 4.18. The summed E-state index contributed by atoms with van der Waals surface area (Å²) in [4.78, 5) is 27.1. The van der Waals surface area contributed by atoms with E-state index in [1.165, 1.54) is 19.2 Å². The van der Waals surface area contributed by atoms with E-state index >= 15 is 0 Å². The van der Waals surface area contributed by atoms with Gasteiger partial charge in [-0.15, -0.1) is 0 Å². The quantitative estimate of drug-likeness (QED) is 0.740. The highest BCUT2D eigenvalue weighted by molar-refractivity contribution is 5.98. The Hall–Kier alpha value is -2.18. The van der Waals surface area contributed by atoms with Gasteiger partial charge in [0.1, 0.15) is 6.04 Å². The normalized spacial score (nSPS) is 12.1. The fraction of sp³-hybridized carbons (Fsp3) is 0.462. The van der Waals surface area contributed by atoms with E-state index in [0.29, 0.717) is 12.5 Å². The molecule has 0 aliphatic heterocycles. The van der Waals surface area contributed by atoms with Crippen LogP contribution in [0.2, 0.25) is 0 Å². The van der Waals surface area contributed by atoms with Crippen LogP contribution in [0.15, 0.2) is 12.3 Å². The molecule has 0 saturated heterocycles. The molecule has 0 spiro atoms. The van der Waals surface area contributed by atoms with Crippen molar-refractivity contribution in [1.29, 1.82) is 0 Å². The Bertz CT molecular complexity index is 505. The van der Waals surface area contributed by atoms with Crippen LogP contribution in [0.1, 0.15) is 31.1 Å². The summed E-state index contributed by atoms with van der Waals surface area (Å²) in [6.45, 7) is 5.95. The standard InChI is InChI=1S/C13H19FN4O2/c1-7(2)6-17-12(19)8(3)18-13(20)9-4-5-16-11(15)10(9)14/h4-5,7-8H,6H2,1-3H3,(H2,15,16)(H,17,19)(H,18,20). The molecule has 7 heteroatoms. The van der Waals surface area contributed by atoms with Crippen LogP contribution in [0.3, 0.4) is 0 Å². The average molecular weight is 282 g/mol. The number of carbonyl (C=O) groups excluding carboxylic acids is 2. The van der Waals surface area contributed by atoms with Crippen LogP contribution in [0.4, 0.5) is 10.2 Å². The van der Waals surface area contributed by atoms with E-state index in [0.717, 1.165) is 0 Å². The maximum atomic E-state index is 13.6. The predicted molar refractivity (Wildman–Crippen MR) is 73.4 cm³/mol. The van der Waals surface area contributed by atoms with E-state index in [-0.39, 0.29) is 17.3 Å². The van der Waals surface area contributed by atoms with Crippen molar-refractivity contribution in [1.82, 2.24) is 15.6 Å². The summed E-state index contributed by atoms with van der Waals surface area (Å²) in [5.74, 6) is -1.97. The first kappa shape index (κ1) is 15.9. The predicted octanol–water partition coefficient (Wildman–Crippen LogP) is 0.693. The van der Waals surface area contributed by atoms with Crippen LogP contribution >= 0.6 is 0 Å². The second-order valence-electron chi connectivity index (χ2n) is 4.89. The highest BCUT2D eigenvalue weighted by Gasteiger charge is 2.20. The van der Waals surface area contributed by atoms with E-state index in [1.54, 1.807) is 0 Å². The second kappa shape index (κ2) is 6.83. The van der Waals surface area contributed by atoms with Gasteiger partial charge in [-0.25, -0.2) is 9.37 Å². The first-order valence-corrected chi connectivity index (χ1v) is 6.31. The first-order valence-electron chi connectivity index (χ1n) is 6.31. The molecule has 6 nitrogen and oxygen atoms in total. The number of halogens is 1. The highest BCUT2D eigenvalue weighted by Crippen LogP contribution is 2.11. The molecule has 1 rings (SSSR count). The maximum absolute atomic E-state index is 13.6. The molecule has 0 aliphatic carbocycles. The summed E-state index contributed by atoms with van der Waals surface area (Å²) in [7, 11) is 0. The van der Waals surface area contributed by atoms with E-state index in [2.05, 4.69) is 15.6 Å². The minimum absolute atomic E-state index is 0.235. The Labute approximate surface area is 116 Å². The number of nitrogens with zero attached hydrogens (tertiary/aromatic N) is 1. The van der Waals surface area contributed by atoms with Crippen molar-refractivity contribution in [3.05, 3.63) is 23.6 Å². The molecule has 20 heavy (non-hydrogen) atoms. The zero-order chi connectivity index (χ0) is 15.3. The lowest BCUT2D eigenvalue weighted by atomic mass is 10.2. The number of aromatic nitrogens is 1. The molecule has 1 heterocycles. The number of nitrogen functional groups attached to an aromatic ring is 1. The molecule has 0 aliphatic rings. The third-order valence-electron chi connectivity index (χ3n) is 2.59. The molecule has 2 amide bonds. The molecule has 1 atom stereocenters. The molecule has 1 aromatic heterocycles. The topological polar surface area (TPSA) is 97.1 Å². The lowest BCUT2D eigenvalue weighted by Crippen LogP contribution is -2.45. The van der Waals surface area contributed by atoms with Crippen molar-refractivity contribution in [2.75, 3.05) is 12.3 Å². The second-order valence-corrected chi connectivity index (χ2v) is 4.89. The van der Waals surface area contributed by atoms with Gasteiger partial charge in [0.15, 0.2) is 11.6 Å². The van der Waals surface area contributed by atoms with Crippen molar-refractivity contribution >= 4 is 17.6 Å². The lowest BCUT2D eigenvalue weighted by molar-refractivity contribution is -0.122. The molecule has 1 aromatic rings. The first-order chi connectivity index (χ1) is 9.32. The maximum Gasteiger partial charge on any atom is 0.255 e. The van der Waals surface area contributed by atoms with Crippen LogP contribution in [0.25, 0.3) is 0 Å². The molecule has 0 bridgehead atoms.